The largest absolute Gasteiger partial charge is 0.367 e. The fraction of sp³-hybridized carbons (Fsp3) is 0.0909. The molecule has 19 heavy (non-hydrogen) atoms. The Morgan fingerprint density at radius 1 is 1.42 bits per heavy atom. The molecule has 2 N–H and O–H groups in total. The number of nitrogens with zero attached hydrogens (tertiary/aromatic N) is 3. The van der Waals surface area contributed by atoms with Crippen LogP contribution in [-0.2, 0) is 0 Å². The van der Waals surface area contributed by atoms with Crippen LogP contribution >= 0.6 is 11.6 Å². The van der Waals surface area contributed by atoms with E-state index < -0.39 is 4.92 Å². The van der Waals surface area contributed by atoms with Crippen molar-refractivity contribution in [2.45, 2.75) is 0 Å². The van der Waals surface area contributed by atoms with Crippen LogP contribution in [0.25, 0.3) is 0 Å². The average molecular weight is 280 g/mol. The SMILES string of the molecule is CNc1nc(Nc2cccc(Cl)c2)ncc1[N+](=O)[O-]. The molecule has 1 heterocycles. The van der Waals surface area contributed by atoms with Gasteiger partial charge >= 0.3 is 5.69 Å². The van der Waals surface area contributed by atoms with Crippen LogP contribution < -0.4 is 10.6 Å². The van der Waals surface area contributed by atoms with Gasteiger partial charge in [0.1, 0.15) is 6.20 Å². The van der Waals surface area contributed by atoms with E-state index in [1.165, 1.54) is 0 Å². The monoisotopic (exact) mass is 279 g/mol. The molecule has 0 amide bonds. The topological polar surface area (TPSA) is 93.0 Å². The van der Waals surface area contributed by atoms with Gasteiger partial charge in [-0.2, -0.15) is 4.98 Å². The molecule has 1 aromatic heterocycles. The maximum absolute atomic E-state index is 10.7. The first-order valence-electron chi connectivity index (χ1n) is 5.32. The second-order valence-electron chi connectivity index (χ2n) is 3.57. The lowest BCUT2D eigenvalue weighted by Crippen LogP contribution is -2.04. The number of anilines is 3. The van der Waals surface area contributed by atoms with E-state index in [9.17, 15) is 10.1 Å². The summed E-state index contributed by atoms with van der Waals surface area (Å²) in [7, 11) is 1.55. The van der Waals surface area contributed by atoms with Gasteiger partial charge in [-0.05, 0) is 18.2 Å². The molecule has 2 aromatic rings. The lowest BCUT2D eigenvalue weighted by Gasteiger charge is -2.06. The minimum absolute atomic E-state index is 0.143. The third-order valence-corrected chi connectivity index (χ3v) is 2.52. The summed E-state index contributed by atoms with van der Waals surface area (Å²) in [5.74, 6) is 0.391. The third-order valence-electron chi connectivity index (χ3n) is 2.28. The number of rotatable bonds is 4. The van der Waals surface area contributed by atoms with E-state index in [4.69, 9.17) is 11.6 Å². The van der Waals surface area contributed by atoms with E-state index in [2.05, 4.69) is 20.6 Å². The summed E-state index contributed by atoms with van der Waals surface area (Å²) >= 11 is 5.85. The lowest BCUT2D eigenvalue weighted by molar-refractivity contribution is -0.384. The number of aromatic nitrogens is 2. The minimum Gasteiger partial charge on any atom is -0.367 e. The van der Waals surface area contributed by atoms with Crippen molar-refractivity contribution in [3.63, 3.8) is 0 Å². The van der Waals surface area contributed by atoms with Gasteiger partial charge in [0.15, 0.2) is 0 Å². The zero-order valence-corrected chi connectivity index (χ0v) is 10.7. The predicted octanol–water partition coefficient (Wildman–Crippen LogP) is 2.82. The number of benzene rings is 1. The van der Waals surface area contributed by atoms with Crippen LogP contribution in [0.4, 0.5) is 23.1 Å². The van der Waals surface area contributed by atoms with Crippen molar-refractivity contribution in [3.8, 4) is 0 Å². The average Bonchev–Trinajstić information content (AvgIpc) is 2.38. The zero-order chi connectivity index (χ0) is 13.8. The summed E-state index contributed by atoms with van der Waals surface area (Å²) in [6.07, 6.45) is 1.14. The van der Waals surface area contributed by atoms with Gasteiger partial charge in [-0.3, -0.25) is 10.1 Å². The summed E-state index contributed by atoms with van der Waals surface area (Å²) in [6, 6.07) is 7.00. The van der Waals surface area contributed by atoms with E-state index in [1.807, 2.05) is 0 Å². The van der Waals surface area contributed by atoms with Crippen molar-refractivity contribution >= 4 is 34.7 Å². The number of halogens is 1. The highest BCUT2D eigenvalue weighted by atomic mass is 35.5. The highest BCUT2D eigenvalue weighted by Gasteiger charge is 2.15. The molecule has 0 aliphatic heterocycles. The first-order valence-corrected chi connectivity index (χ1v) is 5.69. The number of nitrogens with one attached hydrogen (secondary N) is 2. The summed E-state index contributed by atoms with van der Waals surface area (Å²) in [4.78, 5) is 18.1. The van der Waals surface area contributed by atoms with Gasteiger partial charge in [-0.1, -0.05) is 17.7 Å². The van der Waals surface area contributed by atoms with Crippen molar-refractivity contribution in [1.29, 1.82) is 0 Å². The van der Waals surface area contributed by atoms with Crippen LogP contribution in [0, 0.1) is 10.1 Å². The van der Waals surface area contributed by atoms with Crippen LogP contribution in [-0.4, -0.2) is 21.9 Å². The van der Waals surface area contributed by atoms with Crippen molar-refractivity contribution in [2.75, 3.05) is 17.7 Å². The molecule has 7 nitrogen and oxygen atoms in total. The first kappa shape index (κ1) is 13.0. The van der Waals surface area contributed by atoms with Gasteiger partial charge in [-0.15, -0.1) is 0 Å². The third kappa shape index (κ3) is 3.08. The second kappa shape index (κ2) is 5.49. The fourth-order valence-corrected chi connectivity index (χ4v) is 1.64. The maximum atomic E-state index is 10.7. The Morgan fingerprint density at radius 2 is 2.21 bits per heavy atom. The molecule has 2 rings (SSSR count). The van der Waals surface area contributed by atoms with Crippen LogP contribution in [0.5, 0.6) is 0 Å². The Labute approximate surface area is 113 Å². The summed E-state index contributed by atoms with van der Waals surface area (Å²) in [5, 5.41) is 16.9. The first-order chi connectivity index (χ1) is 9.10. The Morgan fingerprint density at radius 3 is 2.84 bits per heavy atom. The number of hydrogen-bond acceptors (Lipinski definition) is 6. The molecule has 98 valence electrons. The smallest absolute Gasteiger partial charge is 0.329 e. The van der Waals surface area contributed by atoms with Crippen molar-refractivity contribution < 1.29 is 4.92 Å². The normalized spacial score (nSPS) is 10.0. The van der Waals surface area contributed by atoms with E-state index >= 15 is 0 Å². The molecule has 0 aliphatic rings. The van der Waals surface area contributed by atoms with Gasteiger partial charge in [-0.25, -0.2) is 4.98 Å². The van der Waals surface area contributed by atoms with Gasteiger partial charge in [0, 0.05) is 17.8 Å². The summed E-state index contributed by atoms with van der Waals surface area (Å²) in [5.41, 5.74) is 0.516. The predicted molar refractivity (Wildman–Crippen MR) is 73.0 cm³/mol. The molecule has 0 aliphatic carbocycles. The minimum atomic E-state index is -0.547. The summed E-state index contributed by atoms with van der Waals surface area (Å²) in [6.45, 7) is 0. The molecule has 0 atom stereocenters. The molecular weight excluding hydrogens is 270 g/mol. The fourth-order valence-electron chi connectivity index (χ4n) is 1.45. The quantitative estimate of drug-likeness (QED) is 0.660. The van der Waals surface area contributed by atoms with Gasteiger partial charge in [0.05, 0.1) is 4.92 Å². The number of hydrogen-bond donors (Lipinski definition) is 2. The Hall–Kier alpha value is -2.41. The van der Waals surface area contributed by atoms with Crippen molar-refractivity contribution in [2.24, 2.45) is 0 Å². The molecule has 0 saturated carbocycles. The highest BCUT2D eigenvalue weighted by molar-refractivity contribution is 6.30. The standard InChI is InChI=1S/C11H10ClN5O2/c1-13-10-9(17(18)19)6-14-11(16-10)15-8-4-2-3-7(12)5-8/h2-6H,1H3,(H2,13,14,15,16). The van der Waals surface area contributed by atoms with Crippen LogP contribution in [0.2, 0.25) is 5.02 Å². The van der Waals surface area contributed by atoms with Crippen molar-refractivity contribution in [1.82, 2.24) is 9.97 Å². The highest BCUT2D eigenvalue weighted by Crippen LogP contribution is 2.23. The van der Waals surface area contributed by atoms with E-state index in [1.54, 1.807) is 31.3 Å². The summed E-state index contributed by atoms with van der Waals surface area (Å²) < 4.78 is 0. The van der Waals surface area contributed by atoms with E-state index in [0.29, 0.717) is 10.7 Å². The molecular formula is C11H10ClN5O2. The maximum Gasteiger partial charge on any atom is 0.329 e. The molecule has 0 bridgehead atoms. The lowest BCUT2D eigenvalue weighted by atomic mass is 10.3. The molecule has 1 aromatic carbocycles. The Balaban J connectivity index is 2.29. The number of nitro groups is 1. The molecule has 8 heteroatoms. The molecule has 0 saturated heterocycles. The van der Waals surface area contributed by atoms with Gasteiger partial charge in [0.25, 0.3) is 0 Å². The Bertz CT molecular complexity index is 620. The molecule has 0 spiro atoms. The van der Waals surface area contributed by atoms with Crippen LogP contribution in [0.15, 0.2) is 30.5 Å². The second-order valence-corrected chi connectivity index (χ2v) is 4.01. The van der Waals surface area contributed by atoms with Crippen LogP contribution in [0.1, 0.15) is 0 Å². The van der Waals surface area contributed by atoms with Crippen molar-refractivity contribution in [3.05, 3.63) is 45.6 Å². The molecule has 0 fully saturated rings. The molecule has 0 unspecified atom stereocenters. The zero-order valence-electron chi connectivity index (χ0n) is 9.92. The van der Waals surface area contributed by atoms with Crippen LogP contribution in [0.3, 0.4) is 0 Å². The molecule has 0 radical (unpaired) electrons. The van der Waals surface area contributed by atoms with Gasteiger partial charge < -0.3 is 10.6 Å². The van der Waals surface area contributed by atoms with E-state index in [0.717, 1.165) is 6.20 Å². The Kier molecular flexibility index (Phi) is 3.76. The van der Waals surface area contributed by atoms with Gasteiger partial charge in [0.2, 0.25) is 11.8 Å². The van der Waals surface area contributed by atoms with E-state index in [-0.39, 0.29) is 17.5 Å².